The second-order valence-electron chi connectivity index (χ2n) is 6.34. The molecule has 0 aliphatic heterocycles. The van der Waals surface area contributed by atoms with E-state index in [2.05, 4.69) is 4.72 Å². The molecular formula is C18H19FN2O5S. The van der Waals surface area contributed by atoms with E-state index >= 15 is 0 Å². The van der Waals surface area contributed by atoms with Gasteiger partial charge in [-0.1, -0.05) is 24.3 Å². The highest BCUT2D eigenvalue weighted by molar-refractivity contribution is 7.89. The van der Waals surface area contributed by atoms with Crippen molar-refractivity contribution in [2.45, 2.75) is 36.3 Å². The third-order valence-electron chi connectivity index (χ3n) is 4.45. The highest BCUT2D eigenvalue weighted by Crippen LogP contribution is 2.33. The number of sulfonamides is 1. The van der Waals surface area contributed by atoms with Gasteiger partial charge in [0.15, 0.2) is 5.72 Å². The van der Waals surface area contributed by atoms with Gasteiger partial charge in [0, 0.05) is 12.8 Å². The van der Waals surface area contributed by atoms with Gasteiger partial charge in [0.05, 0.1) is 4.90 Å². The molecule has 1 amide bonds. The zero-order chi connectivity index (χ0) is 19.5. The van der Waals surface area contributed by atoms with Crippen LogP contribution in [0.4, 0.5) is 9.18 Å². The Morgan fingerprint density at radius 1 is 1.00 bits per heavy atom. The van der Waals surface area contributed by atoms with E-state index in [4.69, 9.17) is 9.94 Å². The number of nitrogens with one attached hydrogen (secondary N) is 2. The zero-order valence-corrected chi connectivity index (χ0v) is 15.1. The van der Waals surface area contributed by atoms with Crippen molar-refractivity contribution in [1.82, 2.24) is 10.2 Å². The lowest BCUT2D eigenvalue weighted by Crippen LogP contribution is -2.50. The standard InChI is InChI=1S/C18H19FN2O5S/c19-15-7-3-13(4-8-15)14-5-9-16(10-6-14)27(24,25)21-18(11-1-2-12-18)26-17(22)20-23/h3-10,21,23H,1-2,11-12H2,(H,20,22). The lowest BCUT2D eigenvalue weighted by molar-refractivity contribution is -0.0130. The van der Waals surface area contributed by atoms with E-state index in [1.54, 1.807) is 24.3 Å². The van der Waals surface area contributed by atoms with Gasteiger partial charge in [-0.15, -0.1) is 0 Å². The van der Waals surface area contributed by atoms with Crippen LogP contribution in [0, 0.1) is 5.82 Å². The monoisotopic (exact) mass is 394 g/mol. The number of hydroxylamine groups is 1. The van der Waals surface area contributed by atoms with Crippen LogP contribution in [0.5, 0.6) is 0 Å². The summed E-state index contributed by atoms with van der Waals surface area (Å²) in [5.41, 5.74) is 1.45. The van der Waals surface area contributed by atoms with Crippen molar-refractivity contribution in [3.05, 3.63) is 54.3 Å². The van der Waals surface area contributed by atoms with E-state index in [9.17, 15) is 17.6 Å². The number of hydrogen-bond donors (Lipinski definition) is 3. The fraction of sp³-hybridized carbons (Fsp3) is 0.278. The predicted molar refractivity (Wildman–Crippen MR) is 94.8 cm³/mol. The Morgan fingerprint density at radius 2 is 1.52 bits per heavy atom. The van der Waals surface area contributed by atoms with E-state index in [-0.39, 0.29) is 10.7 Å². The number of rotatable bonds is 5. The number of amides is 1. The van der Waals surface area contributed by atoms with E-state index < -0.39 is 21.8 Å². The van der Waals surface area contributed by atoms with Crippen LogP contribution in [-0.2, 0) is 14.8 Å². The van der Waals surface area contributed by atoms with Gasteiger partial charge in [-0.2, -0.15) is 4.72 Å². The molecule has 2 aromatic carbocycles. The molecule has 9 heteroatoms. The van der Waals surface area contributed by atoms with E-state index in [0.717, 1.165) is 11.1 Å². The first-order valence-electron chi connectivity index (χ1n) is 8.37. The van der Waals surface area contributed by atoms with Crippen molar-refractivity contribution in [2.24, 2.45) is 0 Å². The molecule has 1 fully saturated rings. The Labute approximate surface area is 156 Å². The minimum Gasteiger partial charge on any atom is -0.425 e. The van der Waals surface area contributed by atoms with Gasteiger partial charge in [-0.05, 0) is 48.2 Å². The molecule has 1 saturated carbocycles. The summed E-state index contributed by atoms with van der Waals surface area (Å²) in [5, 5.41) is 8.66. The van der Waals surface area contributed by atoms with Gasteiger partial charge in [0.1, 0.15) is 5.82 Å². The summed E-state index contributed by atoms with van der Waals surface area (Å²) in [5.74, 6) is -0.351. The fourth-order valence-corrected chi connectivity index (χ4v) is 4.49. The maximum atomic E-state index is 13.0. The minimum absolute atomic E-state index is 0.00708. The zero-order valence-electron chi connectivity index (χ0n) is 14.3. The molecule has 1 aliphatic carbocycles. The maximum absolute atomic E-state index is 13.0. The summed E-state index contributed by atoms with van der Waals surface area (Å²) in [4.78, 5) is 11.4. The third-order valence-corrected chi connectivity index (χ3v) is 5.99. The van der Waals surface area contributed by atoms with Crippen molar-refractivity contribution in [3.63, 3.8) is 0 Å². The Morgan fingerprint density at radius 3 is 2.04 bits per heavy atom. The molecular weight excluding hydrogens is 375 g/mol. The molecule has 144 valence electrons. The molecule has 27 heavy (non-hydrogen) atoms. The van der Waals surface area contributed by atoms with Gasteiger partial charge < -0.3 is 4.74 Å². The van der Waals surface area contributed by atoms with Crippen molar-refractivity contribution in [1.29, 1.82) is 0 Å². The molecule has 0 aromatic heterocycles. The highest BCUT2D eigenvalue weighted by Gasteiger charge is 2.41. The van der Waals surface area contributed by atoms with Crippen LogP contribution in [0.1, 0.15) is 25.7 Å². The molecule has 0 bridgehead atoms. The molecule has 3 N–H and O–H groups in total. The summed E-state index contributed by atoms with van der Waals surface area (Å²) < 4.78 is 46.0. The number of carbonyl (C=O) groups is 1. The number of halogens is 1. The lowest BCUT2D eigenvalue weighted by atomic mass is 10.1. The Kier molecular flexibility index (Phi) is 5.45. The number of hydrogen-bond acceptors (Lipinski definition) is 5. The molecule has 0 unspecified atom stereocenters. The quantitative estimate of drug-likeness (QED) is 0.410. The molecule has 7 nitrogen and oxygen atoms in total. The molecule has 0 heterocycles. The van der Waals surface area contributed by atoms with Crippen LogP contribution in [-0.4, -0.2) is 25.4 Å². The minimum atomic E-state index is -3.96. The SMILES string of the molecule is O=C(NO)OC1(NS(=O)(=O)c2ccc(-c3ccc(F)cc3)cc2)CCCC1. The molecule has 2 aromatic rings. The highest BCUT2D eigenvalue weighted by atomic mass is 32.2. The first-order valence-corrected chi connectivity index (χ1v) is 9.85. The van der Waals surface area contributed by atoms with Crippen LogP contribution in [0.15, 0.2) is 53.4 Å². The summed E-state index contributed by atoms with van der Waals surface area (Å²) in [6, 6.07) is 11.9. The first-order chi connectivity index (χ1) is 12.8. The average molecular weight is 394 g/mol. The van der Waals surface area contributed by atoms with Gasteiger partial charge >= 0.3 is 6.09 Å². The normalized spacial score (nSPS) is 16.1. The van der Waals surface area contributed by atoms with Gasteiger partial charge in [-0.3, -0.25) is 5.21 Å². The van der Waals surface area contributed by atoms with Crippen LogP contribution >= 0.6 is 0 Å². The van der Waals surface area contributed by atoms with E-state index in [1.165, 1.54) is 29.7 Å². The topological polar surface area (TPSA) is 105 Å². The molecule has 0 atom stereocenters. The van der Waals surface area contributed by atoms with Crippen molar-refractivity contribution >= 4 is 16.1 Å². The number of ether oxygens (including phenoxy) is 1. The predicted octanol–water partition coefficient (Wildman–Crippen LogP) is 3.16. The van der Waals surface area contributed by atoms with Crippen LogP contribution in [0.3, 0.4) is 0 Å². The fourth-order valence-electron chi connectivity index (χ4n) is 3.14. The van der Waals surface area contributed by atoms with Crippen molar-refractivity contribution in [3.8, 4) is 11.1 Å². The Hall–Kier alpha value is -2.49. The Bertz CT molecular complexity index is 908. The van der Waals surface area contributed by atoms with Crippen LogP contribution in [0.2, 0.25) is 0 Å². The average Bonchev–Trinajstić information content (AvgIpc) is 3.09. The summed E-state index contributed by atoms with van der Waals surface area (Å²) >= 11 is 0. The number of carbonyl (C=O) groups excluding carboxylic acids is 1. The summed E-state index contributed by atoms with van der Waals surface area (Å²) in [6.07, 6.45) is 0.877. The summed E-state index contributed by atoms with van der Waals surface area (Å²) in [7, 11) is -3.96. The van der Waals surface area contributed by atoms with Crippen molar-refractivity contribution in [2.75, 3.05) is 0 Å². The molecule has 0 spiro atoms. The summed E-state index contributed by atoms with van der Waals surface area (Å²) in [6.45, 7) is 0. The van der Waals surface area contributed by atoms with Gasteiger partial charge in [-0.25, -0.2) is 23.1 Å². The second kappa shape index (κ2) is 7.63. The first kappa shape index (κ1) is 19.3. The van der Waals surface area contributed by atoms with Gasteiger partial charge in [0.25, 0.3) is 0 Å². The van der Waals surface area contributed by atoms with E-state index in [1.807, 2.05) is 0 Å². The lowest BCUT2D eigenvalue weighted by Gasteiger charge is -2.29. The number of benzene rings is 2. The molecule has 0 radical (unpaired) electrons. The van der Waals surface area contributed by atoms with Crippen molar-refractivity contribution < 1.29 is 27.5 Å². The van der Waals surface area contributed by atoms with Crippen LogP contribution < -0.4 is 10.2 Å². The smallest absolute Gasteiger partial charge is 0.425 e. The van der Waals surface area contributed by atoms with Gasteiger partial charge in [0.2, 0.25) is 10.0 Å². The molecule has 3 rings (SSSR count). The third kappa shape index (κ3) is 4.44. The maximum Gasteiger partial charge on any atom is 0.432 e. The Balaban J connectivity index is 1.81. The molecule has 0 saturated heterocycles. The largest absolute Gasteiger partial charge is 0.432 e. The molecule has 1 aliphatic rings. The van der Waals surface area contributed by atoms with E-state index in [0.29, 0.717) is 25.7 Å². The second-order valence-corrected chi connectivity index (χ2v) is 8.02. The van der Waals surface area contributed by atoms with Crippen LogP contribution in [0.25, 0.3) is 11.1 Å².